The Bertz CT molecular complexity index is 2300. The monoisotopic (exact) mass is 736 g/mol. The van der Waals surface area contributed by atoms with E-state index >= 15 is 0 Å². The fraction of sp³-hybridized carbons (Fsp3) is 0.275. The molecule has 4 heterocycles. The lowest BCUT2D eigenvalue weighted by atomic mass is 9.99. The second-order valence-electron chi connectivity index (χ2n) is 12.6. The summed E-state index contributed by atoms with van der Waals surface area (Å²) in [5.74, 6) is -0.441. The van der Waals surface area contributed by atoms with Crippen molar-refractivity contribution in [3.05, 3.63) is 117 Å². The van der Waals surface area contributed by atoms with Crippen molar-refractivity contribution in [2.75, 3.05) is 11.4 Å². The number of carbonyl (C=O) groups is 2. The van der Waals surface area contributed by atoms with Gasteiger partial charge >= 0.3 is 17.7 Å². The molecule has 14 heteroatoms. The molecule has 0 bridgehead atoms. The quantitative estimate of drug-likeness (QED) is 0.114. The van der Waals surface area contributed by atoms with Crippen LogP contribution in [0.2, 0.25) is 0 Å². The molecule has 0 unspecified atom stereocenters. The molecule has 14 nitrogen and oxygen atoms in total. The fourth-order valence-electron chi connectivity index (χ4n) is 6.10. The van der Waals surface area contributed by atoms with E-state index in [0.717, 1.165) is 75.6 Å². The van der Waals surface area contributed by atoms with E-state index in [0.29, 0.717) is 23.5 Å². The van der Waals surface area contributed by atoms with Crippen molar-refractivity contribution >= 4 is 57.6 Å². The third-order valence-electron chi connectivity index (χ3n) is 8.84. The maximum absolute atomic E-state index is 11.8. The van der Waals surface area contributed by atoms with Crippen molar-refractivity contribution in [1.29, 1.82) is 0 Å². The lowest BCUT2D eigenvalue weighted by molar-refractivity contribution is -0.142. The van der Waals surface area contributed by atoms with Crippen LogP contribution in [0.25, 0.3) is 34.2 Å². The van der Waals surface area contributed by atoms with Gasteiger partial charge in [-0.2, -0.15) is 0 Å². The van der Waals surface area contributed by atoms with Crippen LogP contribution < -0.4 is 27.6 Å². The number of aryl methyl sites for hydroxylation is 1. The molecule has 8 N–H and O–H groups in total. The van der Waals surface area contributed by atoms with Crippen molar-refractivity contribution in [3.8, 4) is 5.75 Å². The molecule has 54 heavy (non-hydrogen) atoms. The summed E-state index contributed by atoms with van der Waals surface area (Å²) < 4.78 is 2.37. The Labute approximate surface area is 312 Å². The van der Waals surface area contributed by atoms with Gasteiger partial charge in [0.25, 0.3) is 5.56 Å². The van der Waals surface area contributed by atoms with Gasteiger partial charge in [0.1, 0.15) is 11.3 Å². The number of para-hydroxylation sites is 2. The molecule has 0 saturated carbocycles. The highest BCUT2D eigenvalue weighted by molar-refractivity contribution is 6.04. The number of fused-ring (bicyclic) bond motifs is 4. The molecule has 0 fully saturated rings. The molecule has 0 spiro atoms. The summed E-state index contributed by atoms with van der Waals surface area (Å²) in [6.45, 7) is 4.67. The van der Waals surface area contributed by atoms with E-state index in [1.165, 1.54) is 17.9 Å². The topological polar surface area (TPSA) is 218 Å². The van der Waals surface area contributed by atoms with Gasteiger partial charge in [0.05, 0.1) is 23.6 Å². The first-order valence-corrected chi connectivity index (χ1v) is 17.7. The van der Waals surface area contributed by atoms with Crippen LogP contribution in [0.15, 0.2) is 88.8 Å². The molecule has 0 atom stereocenters. The molecule has 1 aliphatic heterocycles. The molecule has 284 valence electrons. The number of H-pyrrole nitrogens is 2. The molecule has 6 aromatic rings. The van der Waals surface area contributed by atoms with E-state index in [1.54, 1.807) is 24.1 Å². The summed E-state index contributed by atoms with van der Waals surface area (Å²) in [6, 6.07) is 20.2. The van der Waals surface area contributed by atoms with Crippen LogP contribution >= 0.6 is 0 Å². The Balaban J connectivity index is 0.000000165. The van der Waals surface area contributed by atoms with Crippen LogP contribution in [0.3, 0.4) is 0 Å². The van der Waals surface area contributed by atoms with E-state index in [1.807, 2.05) is 86.8 Å². The number of nitrogens with one attached hydrogen (secondary N) is 2. The molecule has 3 aromatic carbocycles. The fourth-order valence-corrected chi connectivity index (χ4v) is 6.10. The number of aromatic amines is 2. The molecule has 3 aromatic heterocycles. The van der Waals surface area contributed by atoms with E-state index < -0.39 is 12.0 Å². The Hall–Kier alpha value is -6.41. The number of phenols is 1. The standard InChI is InChI=1S/C15H12N2O.C10H12N2O.C8H16O2.C7H8N4O2/c16-15(18)17-13-7-3-1-5-11(13)9-10-12-6-2-4-8-14(12)17;11-4-3-7-6-12-10-2-1-8(13)5-9(7)10;1-3-5-7(6-4-2)8(9)10;1-10-5-4(8-3-9-5)6(12)11(2)7(10)13/h1-10H,(H2,16,18);1-2,5-6,12-13H,3-4,11H2;7H,3-6H2,1-2H3,(H,9,10);3H,1-2H3,(H,8,9). The van der Waals surface area contributed by atoms with E-state index in [2.05, 4.69) is 15.0 Å². The van der Waals surface area contributed by atoms with E-state index in [4.69, 9.17) is 16.6 Å². The number of hydrogen-bond donors (Lipinski definition) is 6. The van der Waals surface area contributed by atoms with Crippen LogP contribution in [-0.4, -0.2) is 52.8 Å². The third kappa shape index (κ3) is 9.52. The summed E-state index contributed by atoms with van der Waals surface area (Å²) in [5.41, 5.74) is 16.8. The van der Waals surface area contributed by atoms with Crippen molar-refractivity contribution in [1.82, 2.24) is 24.1 Å². The van der Waals surface area contributed by atoms with Crippen LogP contribution in [0.4, 0.5) is 16.2 Å². The SMILES string of the molecule is CCCC(CCC)C(=O)O.Cn1c(=O)c2[nH]cnc2n(C)c1=O.NC(=O)N1c2ccccc2C=Cc2ccccc21.NCCc1c[nH]c2ccc(O)cc12. The molecule has 2 amide bonds. The molecular formula is C40H48N8O6. The molecular weight excluding hydrogens is 688 g/mol. The lowest BCUT2D eigenvalue weighted by Gasteiger charge is -2.22. The summed E-state index contributed by atoms with van der Waals surface area (Å²) in [4.78, 5) is 56.3. The molecule has 7 rings (SSSR count). The number of urea groups is 1. The highest BCUT2D eigenvalue weighted by Crippen LogP contribution is 2.35. The minimum atomic E-state index is -0.635. The zero-order chi connectivity index (χ0) is 39.4. The molecule has 0 saturated heterocycles. The Morgan fingerprint density at radius 3 is 2.00 bits per heavy atom. The predicted octanol–water partition coefficient (Wildman–Crippen LogP) is 6.01. The number of hydrogen-bond acceptors (Lipinski definition) is 7. The number of carbonyl (C=O) groups excluding carboxylic acids is 1. The number of carboxylic acid groups (broad SMARTS) is 1. The number of aromatic nitrogens is 5. The highest BCUT2D eigenvalue weighted by atomic mass is 16.4. The van der Waals surface area contributed by atoms with Crippen molar-refractivity contribution in [2.24, 2.45) is 31.5 Å². The number of benzene rings is 3. The smallest absolute Gasteiger partial charge is 0.332 e. The molecule has 1 aliphatic rings. The van der Waals surface area contributed by atoms with Gasteiger partial charge in [0, 0.05) is 31.2 Å². The number of phenolic OH excluding ortho intramolecular Hbond substituents is 1. The zero-order valence-electron chi connectivity index (χ0n) is 31.0. The summed E-state index contributed by atoms with van der Waals surface area (Å²) in [7, 11) is 3.01. The Morgan fingerprint density at radius 1 is 0.870 bits per heavy atom. The second-order valence-corrected chi connectivity index (χ2v) is 12.6. The first kappa shape index (κ1) is 40.4. The van der Waals surface area contributed by atoms with Gasteiger partial charge in [-0.3, -0.25) is 23.6 Å². The maximum atomic E-state index is 11.8. The number of nitrogens with zero attached hydrogens (tertiary/aromatic N) is 4. The second kappa shape index (κ2) is 18.9. The van der Waals surface area contributed by atoms with E-state index in [-0.39, 0.29) is 17.2 Å². The maximum Gasteiger partial charge on any atom is 0.332 e. The number of amides is 2. The third-order valence-corrected chi connectivity index (χ3v) is 8.84. The van der Waals surface area contributed by atoms with Gasteiger partial charge in [-0.05, 0) is 72.8 Å². The Morgan fingerprint density at radius 2 is 1.46 bits per heavy atom. The molecule has 0 aliphatic carbocycles. The van der Waals surface area contributed by atoms with Crippen LogP contribution in [0.5, 0.6) is 5.75 Å². The van der Waals surface area contributed by atoms with Crippen LogP contribution in [0, 0.1) is 5.92 Å². The summed E-state index contributed by atoms with van der Waals surface area (Å²) >= 11 is 0. The number of carboxylic acids is 1. The zero-order valence-corrected chi connectivity index (χ0v) is 31.0. The number of primary amides is 1. The number of rotatable bonds is 7. The van der Waals surface area contributed by atoms with Crippen molar-refractivity contribution < 1.29 is 19.8 Å². The average molecular weight is 737 g/mol. The first-order valence-electron chi connectivity index (χ1n) is 17.7. The average Bonchev–Trinajstić information content (AvgIpc) is 3.78. The van der Waals surface area contributed by atoms with Crippen molar-refractivity contribution in [3.63, 3.8) is 0 Å². The number of nitrogens with two attached hydrogens (primary N) is 2. The largest absolute Gasteiger partial charge is 0.508 e. The normalized spacial score (nSPS) is 11.3. The van der Waals surface area contributed by atoms with Gasteiger partial charge in [0.2, 0.25) is 0 Å². The van der Waals surface area contributed by atoms with Gasteiger partial charge in [0.15, 0.2) is 5.65 Å². The summed E-state index contributed by atoms with van der Waals surface area (Å²) in [5, 5.41) is 19.0. The lowest BCUT2D eigenvalue weighted by Crippen LogP contribution is -2.36. The first-order chi connectivity index (χ1) is 25.9. The Kier molecular flexibility index (Phi) is 14.1. The van der Waals surface area contributed by atoms with Gasteiger partial charge in [-0.25, -0.2) is 14.6 Å². The number of anilines is 2. The minimum Gasteiger partial charge on any atom is -0.508 e. The van der Waals surface area contributed by atoms with Crippen LogP contribution in [0.1, 0.15) is 56.2 Å². The van der Waals surface area contributed by atoms with Gasteiger partial charge in [-0.1, -0.05) is 75.2 Å². The summed E-state index contributed by atoms with van der Waals surface area (Å²) in [6.07, 6.45) is 11.8. The predicted molar refractivity (Wildman–Crippen MR) is 214 cm³/mol. The van der Waals surface area contributed by atoms with E-state index in [9.17, 15) is 24.3 Å². The van der Waals surface area contributed by atoms with Gasteiger partial charge in [-0.15, -0.1) is 0 Å². The number of imidazole rings is 1. The minimum absolute atomic E-state index is 0.102. The highest BCUT2D eigenvalue weighted by Gasteiger charge is 2.21. The van der Waals surface area contributed by atoms with Gasteiger partial charge < -0.3 is 31.6 Å². The molecule has 0 radical (unpaired) electrons. The van der Waals surface area contributed by atoms with Crippen LogP contribution in [-0.2, 0) is 25.3 Å². The number of aromatic hydroxyl groups is 1. The number of aliphatic carboxylic acids is 1. The van der Waals surface area contributed by atoms with Crippen molar-refractivity contribution in [2.45, 2.75) is 46.0 Å².